The summed E-state index contributed by atoms with van der Waals surface area (Å²) in [7, 11) is 0. The Bertz CT molecular complexity index is 156. The van der Waals surface area contributed by atoms with Gasteiger partial charge >= 0.3 is 0 Å². The van der Waals surface area contributed by atoms with E-state index in [0.29, 0.717) is 5.92 Å². The summed E-state index contributed by atoms with van der Waals surface area (Å²) in [4.78, 5) is 0. The first kappa shape index (κ1) is 11.0. The molecule has 2 nitrogen and oxygen atoms in total. The highest BCUT2D eigenvalue weighted by molar-refractivity contribution is 4.84. The van der Waals surface area contributed by atoms with E-state index in [1.165, 1.54) is 0 Å². The van der Waals surface area contributed by atoms with Crippen LogP contribution in [-0.2, 0) is 4.74 Å². The summed E-state index contributed by atoms with van der Waals surface area (Å²) in [5.41, 5.74) is -0.443. The fourth-order valence-corrected chi connectivity index (χ4v) is 1.93. The average Bonchev–Trinajstić information content (AvgIpc) is 2.01. The lowest BCUT2D eigenvalue weighted by Crippen LogP contribution is -2.39. The first-order valence-electron chi connectivity index (χ1n) is 5.36. The van der Waals surface area contributed by atoms with Crippen LogP contribution < -0.4 is 0 Å². The molecule has 0 radical (unpaired) electrons. The molecule has 13 heavy (non-hydrogen) atoms. The van der Waals surface area contributed by atoms with E-state index >= 15 is 0 Å². The molecule has 1 saturated heterocycles. The third-order valence-electron chi connectivity index (χ3n) is 2.82. The van der Waals surface area contributed by atoms with Crippen LogP contribution in [0.15, 0.2) is 0 Å². The van der Waals surface area contributed by atoms with E-state index in [-0.39, 0.29) is 6.10 Å². The molecule has 2 heteroatoms. The van der Waals surface area contributed by atoms with Gasteiger partial charge in [0, 0.05) is 13.0 Å². The third-order valence-corrected chi connectivity index (χ3v) is 2.82. The van der Waals surface area contributed by atoms with E-state index in [4.69, 9.17) is 4.74 Å². The number of aliphatic hydroxyl groups is 1. The van der Waals surface area contributed by atoms with Crippen LogP contribution in [0.1, 0.15) is 46.5 Å². The van der Waals surface area contributed by atoms with Crippen molar-refractivity contribution in [1.29, 1.82) is 0 Å². The van der Waals surface area contributed by atoms with Gasteiger partial charge < -0.3 is 9.84 Å². The van der Waals surface area contributed by atoms with Crippen LogP contribution in [0.5, 0.6) is 0 Å². The summed E-state index contributed by atoms with van der Waals surface area (Å²) in [5.74, 6) is 0.683. The summed E-state index contributed by atoms with van der Waals surface area (Å²) in [5, 5.41) is 10.2. The molecule has 0 bridgehead atoms. The molecule has 2 unspecified atom stereocenters. The molecule has 1 aliphatic rings. The maximum atomic E-state index is 10.2. The van der Waals surface area contributed by atoms with Gasteiger partial charge in [0.1, 0.15) is 0 Å². The van der Waals surface area contributed by atoms with E-state index in [9.17, 15) is 5.11 Å². The van der Waals surface area contributed by atoms with Gasteiger partial charge in [0.2, 0.25) is 0 Å². The van der Waals surface area contributed by atoms with Crippen molar-refractivity contribution in [2.45, 2.75) is 58.2 Å². The molecule has 0 aromatic heterocycles. The lowest BCUT2D eigenvalue weighted by atomic mass is 9.85. The molecule has 0 spiro atoms. The van der Waals surface area contributed by atoms with Crippen LogP contribution in [-0.4, -0.2) is 23.4 Å². The SMILES string of the molecule is CC(C)CCC1(O)CCOC(C)C1. The highest BCUT2D eigenvalue weighted by Gasteiger charge is 2.32. The minimum Gasteiger partial charge on any atom is -0.390 e. The Kier molecular flexibility index (Phi) is 3.74. The summed E-state index contributed by atoms with van der Waals surface area (Å²) in [6, 6.07) is 0. The van der Waals surface area contributed by atoms with Gasteiger partial charge in [0.05, 0.1) is 11.7 Å². The number of rotatable bonds is 3. The molecule has 2 atom stereocenters. The maximum Gasteiger partial charge on any atom is 0.0694 e. The second-order valence-corrected chi connectivity index (χ2v) is 4.79. The summed E-state index contributed by atoms with van der Waals surface area (Å²) in [6.45, 7) is 7.16. The molecule has 78 valence electrons. The Labute approximate surface area is 81.3 Å². The normalized spacial score (nSPS) is 35.3. The van der Waals surface area contributed by atoms with Crippen molar-refractivity contribution < 1.29 is 9.84 Å². The van der Waals surface area contributed by atoms with Crippen molar-refractivity contribution in [3.05, 3.63) is 0 Å². The minimum atomic E-state index is -0.443. The molecular formula is C11H22O2. The molecule has 0 saturated carbocycles. The predicted molar refractivity (Wildman–Crippen MR) is 53.7 cm³/mol. The van der Waals surface area contributed by atoms with E-state index < -0.39 is 5.60 Å². The van der Waals surface area contributed by atoms with Gasteiger partial charge in [-0.15, -0.1) is 0 Å². The number of hydrogen-bond donors (Lipinski definition) is 1. The van der Waals surface area contributed by atoms with Crippen LogP contribution in [0.3, 0.4) is 0 Å². The molecule has 0 amide bonds. The van der Waals surface area contributed by atoms with Crippen molar-refractivity contribution in [3.8, 4) is 0 Å². The lowest BCUT2D eigenvalue weighted by Gasteiger charge is -2.36. The molecule has 0 aromatic carbocycles. The van der Waals surface area contributed by atoms with Crippen molar-refractivity contribution in [3.63, 3.8) is 0 Å². The summed E-state index contributed by atoms with van der Waals surface area (Å²) >= 11 is 0. The van der Waals surface area contributed by atoms with Crippen LogP contribution in [0, 0.1) is 5.92 Å². The van der Waals surface area contributed by atoms with E-state index in [1.807, 2.05) is 6.92 Å². The van der Waals surface area contributed by atoms with Gasteiger partial charge in [-0.05, 0) is 32.1 Å². The van der Waals surface area contributed by atoms with Gasteiger partial charge in [-0.2, -0.15) is 0 Å². The zero-order valence-corrected chi connectivity index (χ0v) is 9.05. The minimum absolute atomic E-state index is 0.228. The van der Waals surface area contributed by atoms with E-state index in [0.717, 1.165) is 32.3 Å². The van der Waals surface area contributed by atoms with Gasteiger partial charge in [-0.3, -0.25) is 0 Å². The fraction of sp³-hybridized carbons (Fsp3) is 1.00. The standard InChI is InChI=1S/C11H22O2/c1-9(2)4-5-11(12)6-7-13-10(3)8-11/h9-10,12H,4-8H2,1-3H3. The Morgan fingerprint density at radius 1 is 1.54 bits per heavy atom. The molecule has 1 rings (SSSR count). The zero-order valence-electron chi connectivity index (χ0n) is 9.05. The van der Waals surface area contributed by atoms with Gasteiger partial charge in [0.15, 0.2) is 0 Å². The highest BCUT2D eigenvalue weighted by Crippen LogP contribution is 2.30. The molecule has 1 N–H and O–H groups in total. The monoisotopic (exact) mass is 186 g/mol. The van der Waals surface area contributed by atoms with Crippen LogP contribution >= 0.6 is 0 Å². The molecule has 0 aliphatic carbocycles. The van der Waals surface area contributed by atoms with Crippen molar-refractivity contribution in [2.24, 2.45) is 5.92 Å². The largest absolute Gasteiger partial charge is 0.390 e. The average molecular weight is 186 g/mol. The topological polar surface area (TPSA) is 29.5 Å². The third kappa shape index (κ3) is 3.65. The van der Waals surface area contributed by atoms with Gasteiger partial charge in [-0.1, -0.05) is 13.8 Å². The van der Waals surface area contributed by atoms with Gasteiger partial charge in [-0.25, -0.2) is 0 Å². The predicted octanol–water partition coefficient (Wildman–Crippen LogP) is 2.35. The van der Waals surface area contributed by atoms with Crippen LogP contribution in [0.2, 0.25) is 0 Å². The number of hydrogen-bond acceptors (Lipinski definition) is 2. The molecular weight excluding hydrogens is 164 g/mol. The number of ether oxygens (including phenoxy) is 1. The Morgan fingerprint density at radius 3 is 2.77 bits per heavy atom. The molecule has 1 aliphatic heterocycles. The maximum absolute atomic E-state index is 10.2. The smallest absolute Gasteiger partial charge is 0.0694 e. The highest BCUT2D eigenvalue weighted by atomic mass is 16.5. The van der Waals surface area contributed by atoms with Crippen LogP contribution in [0.4, 0.5) is 0 Å². The zero-order chi connectivity index (χ0) is 9.90. The van der Waals surface area contributed by atoms with Crippen molar-refractivity contribution >= 4 is 0 Å². The quantitative estimate of drug-likeness (QED) is 0.733. The molecule has 0 aromatic rings. The van der Waals surface area contributed by atoms with E-state index in [2.05, 4.69) is 13.8 Å². The van der Waals surface area contributed by atoms with Gasteiger partial charge in [0.25, 0.3) is 0 Å². The molecule has 1 heterocycles. The lowest BCUT2D eigenvalue weighted by molar-refractivity contribution is -0.102. The first-order chi connectivity index (χ1) is 6.02. The van der Waals surface area contributed by atoms with Crippen molar-refractivity contribution in [1.82, 2.24) is 0 Å². The second kappa shape index (κ2) is 4.43. The fourth-order valence-electron chi connectivity index (χ4n) is 1.93. The first-order valence-corrected chi connectivity index (χ1v) is 5.36. The summed E-state index contributed by atoms with van der Waals surface area (Å²) < 4.78 is 5.42. The Balaban J connectivity index is 2.35. The second-order valence-electron chi connectivity index (χ2n) is 4.79. The Morgan fingerprint density at radius 2 is 2.23 bits per heavy atom. The van der Waals surface area contributed by atoms with Crippen molar-refractivity contribution in [2.75, 3.05) is 6.61 Å². The Hall–Kier alpha value is -0.0800. The van der Waals surface area contributed by atoms with Crippen LogP contribution in [0.25, 0.3) is 0 Å². The van der Waals surface area contributed by atoms with E-state index in [1.54, 1.807) is 0 Å². The molecule has 1 fully saturated rings. The summed E-state index contributed by atoms with van der Waals surface area (Å²) in [6.07, 6.45) is 3.89.